The van der Waals surface area contributed by atoms with Gasteiger partial charge in [-0.05, 0) is 52.1 Å². The second-order valence-electron chi connectivity index (χ2n) is 5.63. The fourth-order valence-corrected chi connectivity index (χ4v) is 3.71. The van der Waals surface area contributed by atoms with Crippen LogP contribution < -0.4 is 0 Å². The molecule has 0 bridgehead atoms. The van der Waals surface area contributed by atoms with Gasteiger partial charge in [0.15, 0.2) is 0 Å². The highest BCUT2D eigenvalue weighted by Gasteiger charge is 2.23. The lowest BCUT2D eigenvalue weighted by Crippen LogP contribution is -1.97. The van der Waals surface area contributed by atoms with Crippen LogP contribution >= 0.6 is 15.9 Å². The molecule has 102 valence electrons. The van der Waals surface area contributed by atoms with Crippen LogP contribution in [0.5, 0.6) is 0 Å². The molecule has 4 rings (SSSR count). The molecule has 0 saturated carbocycles. The van der Waals surface area contributed by atoms with Crippen molar-refractivity contribution in [1.29, 1.82) is 0 Å². The summed E-state index contributed by atoms with van der Waals surface area (Å²) in [5.41, 5.74) is 5.53. The van der Waals surface area contributed by atoms with Gasteiger partial charge >= 0.3 is 0 Å². The van der Waals surface area contributed by atoms with E-state index in [9.17, 15) is 0 Å². The minimum atomic E-state index is 0.360. The average Bonchev–Trinajstić information content (AvgIpc) is 2.83. The van der Waals surface area contributed by atoms with Crippen LogP contribution in [0.15, 0.2) is 71.2 Å². The van der Waals surface area contributed by atoms with Gasteiger partial charge in [0.05, 0.1) is 0 Å². The molecule has 1 atom stereocenters. The molecule has 0 radical (unpaired) electrons. The van der Waals surface area contributed by atoms with Gasteiger partial charge in [0, 0.05) is 10.4 Å². The topological polar surface area (TPSA) is 0 Å². The summed E-state index contributed by atoms with van der Waals surface area (Å²) >= 11 is 3.58. The van der Waals surface area contributed by atoms with Gasteiger partial charge in [0.1, 0.15) is 0 Å². The summed E-state index contributed by atoms with van der Waals surface area (Å²) in [6.45, 7) is 2.20. The molecule has 0 aliphatic heterocycles. The number of halogens is 1. The Labute approximate surface area is 133 Å². The maximum atomic E-state index is 3.58. The highest BCUT2D eigenvalue weighted by molar-refractivity contribution is 9.10. The zero-order valence-electron chi connectivity index (χ0n) is 11.8. The summed E-state index contributed by atoms with van der Waals surface area (Å²) in [5.74, 6) is 0.360. The van der Waals surface area contributed by atoms with Crippen molar-refractivity contribution in [1.82, 2.24) is 0 Å². The van der Waals surface area contributed by atoms with Gasteiger partial charge < -0.3 is 0 Å². The highest BCUT2D eigenvalue weighted by atomic mass is 79.9. The monoisotopic (exact) mass is 334 g/mol. The molecule has 0 saturated heterocycles. The van der Waals surface area contributed by atoms with E-state index in [0.29, 0.717) is 5.92 Å². The second-order valence-corrected chi connectivity index (χ2v) is 6.54. The lowest BCUT2D eigenvalue weighted by Gasteiger charge is -2.14. The largest absolute Gasteiger partial charge is 0.0691 e. The van der Waals surface area contributed by atoms with E-state index in [2.05, 4.69) is 89.6 Å². The van der Waals surface area contributed by atoms with Gasteiger partial charge in [0.25, 0.3) is 0 Å². The lowest BCUT2D eigenvalue weighted by atomic mass is 9.89. The molecule has 0 spiro atoms. The smallest absolute Gasteiger partial charge is 0.0287 e. The van der Waals surface area contributed by atoms with Crippen LogP contribution in [0.1, 0.15) is 29.5 Å². The minimum absolute atomic E-state index is 0.360. The summed E-state index contributed by atoms with van der Waals surface area (Å²) < 4.78 is 1.15. The third-order valence-electron chi connectivity index (χ3n) is 4.35. The molecule has 0 aromatic heterocycles. The molecule has 1 aliphatic rings. The van der Waals surface area contributed by atoms with Crippen LogP contribution in [-0.2, 0) is 0 Å². The van der Waals surface area contributed by atoms with E-state index >= 15 is 0 Å². The van der Waals surface area contributed by atoms with Crippen molar-refractivity contribution in [3.05, 3.63) is 87.9 Å². The molecular weight excluding hydrogens is 320 g/mol. The molecule has 0 amide bonds. The molecule has 3 aromatic rings. The van der Waals surface area contributed by atoms with Gasteiger partial charge in [-0.25, -0.2) is 0 Å². The quantitative estimate of drug-likeness (QED) is 0.500. The SMILES string of the molecule is CC1=CC(c2cccc3ccccc23)c2ccc(Br)cc21. The molecular formula is C20H15Br. The second kappa shape index (κ2) is 4.85. The highest BCUT2D eigenvalue weighted by Crippen LogP contribution is 2.42. The van der Waals surface area contributed by atoms with Gasteiger partial charge in [-0.2, -0.15) is 0 Å². The van der Waals surface area contributed by atoms with E-state index in [-0.39, 0.29) is 0 Å². The van der Waals surface area contributed by atoms with Crippen molar-refractivity contribution in [2.45, 2.75) is 12.8 Å². The van der Waals surface area contributed by atoms with Crippen molar-refractivity contribution >= 4 is 32.3 Å². The first kappa shape index (κ1) is 12.8. The Hall–Kier alpha value is -1.86. The van der Waals surface area contributed by atoms with Crippen molar-refractivity contribution in [2.24, 2.45) is 0 Å². The van der Waals surface area contributed by atoms with Crippen LogP contribution in [0.3, 0.4) is 0 Å². The molecule has 1 unspecified atom stereocenters. The zero-order valence-corrected chi connectivity index (χ0v) is 13.4. The molecule has 21 heavy (non-hydrogen) atoms. The third kappa shape index (κ3) is 2.04. The Morgan fingerprint density at radius 2 is 1.67 bits per heavy atom. The number of benzene rings is 3. The standard InChI is InChI=1S/C20H15Br/c1-13-11-20(18-10-9-15(21)12-19(13)18)17-8-4-6-14-5-2-3-7-16(14)17/h2-12,20H,1H3. The van der Waals surface area contributed by atoms with E-state index in [0.717, 1.165) is 4.47 Å². The molecule has 1 aliphatic carbocycles. The van der Waals surface area contributed by atoms with Crippen LogP contribution in [0.25, 0.3) is 16.3 Å². The van der Waals surface area contributed by atoms with E-state index in [1.54, 1.807) is 0 Å². The van der Waals surface area contributed by atoms with E-state index < -0.39 is 0 Å². The summed E-state index contributed by atoms with van der Waals surface area (Å²) in [6, 6.07) is 21.9. The summed E-state index contributed by atoms with van der Waals surface area (Å²) in [4.78, 5) is 0. The lowest BCUT2D eigenvalue weighted by molar-refractivity contribution is 1.06. The van der Waals surface area contributed by atoms with Gasteiger partial charge in [-0.15, -0.1) is 0 Å². The first-order chi connectivity index (χ1) is 10.2. The van der Waals surface area contributed by atoms with Crippen molar-refractivity contribution < 1.29 is 0 Å². The molecule has 0 nitrogen and oxygen atoms in total. The van der Waals surface area contributed by atoms with Crippen molar-refractivity contribution in [2.75, 3.05) is 0 Å². The predicted octanol–water partition coefficient (Wildman–Crippen LogP) is 6.15. The molecule has 3 aromatic carbocycles. The van der Waals surface area contributed by atoms with Crippen LogP contribution in [0.2, 0.25) is 0 Å². The zero-order chi connectivity index (χ0) is 14.4. The van der Waals surface area contributed by atoms with Crippen molar-refractivity contribution in [3.63, 3.8) is 0 Å². The average molecular weight is 335 g/mol. The fourth-order valence-electron chi connectivity index (χ4n) is 3.35. The molecule has 0 N–H and O–H groups in total. The Morgan fingerprint density at radius 1 is 0.857 bits per heavy atom. The Morgan fingerprint density at radius 3 is 2.57 bits per heavy atom. The minimum Gasteiger partial charge on any atom is -0.0691 e. The van der Waals surface area contributed by atoms with E-state index in [4.69, 9.17) is 0 Å². The number of rotatable bonds is 1. The first-order valence-electron chi connectivity index (χ1n) is 7.20. The molecule has 1 heteroatoms. The number of hydrogen-bond acceptors (Lipinski definition) is 0. The molecule has 0 fully saturated rings. The van der Waals surface area contributed by atoms with E-state index in [1.807, 2.05) is 0 Å². The van der Waals surface area contributed by atoms with Crippen LogP contribution in [0.4, 0.5) is 0 Å². The Kier molecular flexibility index (Phi) is 2.97. The first-order valence-corrected chi connectivity index (χ1v) is 7.99. The third-order valence-corrected chi connectivity index (χ3v) is 4.84. The van der Waals surface area contributed by atoms with E-state index in [1.165, 1.54) is 33.0 Å². The summed E-state index contributed by atoms with van der Waals surface area (Å²) in [7, 11) is 0. The number of allylic oxidation sites excluding steroid dienone is 2. The van der Waals surface area contributed by atoms with Crippen molar-refractivity contribution in [3.8, 4) is 0 Å². The maximum absolute atomic E-state index is 3.58. The Bertz CT molecular complexity index is 869. The van der Waals surface area contributed by atoms with Gasteiger partial charge in [0.2, 0.25) is 0 Å². The molecule has 0 heterocycles. The van der Waals surface area contributed by atoms with Crippen LogP contribution in [0, 0.1) is 0 Å². The fraction of sp³-hybridized carbons (Fsp3) is 0.100. The summed E-state index contributed by atoms with van der Waals surface area (Å²) in [5, 5.41) is 2.66. The predicted molar refractivity (Wildman–Crippen MR) is 93.6 cm³/mol. The van der Waals surface area contributed by atoms with Crippen LogP contribution in [-0.4, -0.2) is 0 Å². The summed E-state index contributed by atoms with van der Waals surface area (Å²) in [6.07, 6.45) is 2.39. The van der Waals surface area contributed by atoms with Gasteiger partial charge in [-0.1, -0.05) is 70.5 Å². The number of fused-ring (bicyclic) bond motifs is 2. The van der Waals surface area contributed by atoms with Gasteiger partial charge in [-0.3, -0.25) is 0 Å². The number of hydrogen-bond donors (Lipinski definition) is 0. The normalized spacial score (nSPS) is 16.9. The Balaban J connectivity index is 1.96. The maximum Gasteiger partial charge on any atom is 0.0287 e.